The van der Waals surface area contributed by atoms with Crippen LogP contribution in [0.15, 0.2) is 30.3 Å². The van der Waals surface area contributed by atoms with E-state index in [1.165, 1.54) is 5.56 Å². The Morgan fingerprint density at radius 1 is 1.31 bits per heavy atom. The molecule has 88 valence electrons. The Morgan fingerprint density at radius 2 is 2.00 bits per heavy atom. The Morgan fingerprint density at radius 3 is 2.62 bits per heavy atom. The van der Waals surface area contributed by atoms with E-state index in [0.717, 1.165) is 19.4 Å². The molecule has 1 aliphatic carbocycles. The van der Waals surface area contributed by atoms with Crippen molar-refractivity contribution < 1.29 is 4.74 Å². The Hall–Kier alpha value is -0.860. The minimum atomic E-state index is 0.490. The van der Waals surface area contributed by atoms with E-state index in [0.29, 0.717) is 18.1 Å². The first-order valence-corrected chi connectivity index (χ1v) is 6.10. The van der Waals surface area contributed by atoms with E-state index in [1.807, 2.05) is 0 Å². The largest absolute Gasteiger partial charge is 0.381 e. The number of ether oxygens (including phenoxy) is 1. The summed E-state index contributed by atoms with van der Waals surface area (Å²) in [5.41, 5.74) is 1.41. The number of benzene rings is 1. The Bertz CT molecular complexity index is 306. The van der Waals surface area contributed by atoms with Crippen LogP contribution in [0.3, 0.4) is 0 Å². The maximum absolute atomic E-state index is 5.27. The van der Waals surface area contributed by atoms with Gasteiger partial charge in [-0.3, -0.25) is 0 Å². The highest BCUT2D eigenvalue weighted by molar-refractivity contribution is 5.19. The predicted octanol–water partition coefficient (Wildman–Crippen LogP) is 2.56. The van der Waals surface area contributed by atoms with Gasteiger partial charge in [-0.15, -0.1) is 0 Å². The predicted molar refractivity (Wildman–Crippen MR) is 66.7 cm³/mol. The molecule has 1 fully saturated rings. The zero-order valence-electron chi connectivity index (χ0n) is 10.1. The zero-order chi connectivity index (χ0) is 11.4. The van der Waals surface area contributed by atoms with E-state index in [2.05, 4.69) is 42.6 Å². The van der Waals surface area contributed by atoms with Crippen molar-refractivity contribution in [2.24, 2.45) is 0 Å². The SMILES string of the molecule is COC1CC(NCC(C)c2ccccc2)C1. The van der Waals surface area contributed by atoms with Gasteiger partial charge in [0.15, 0.2) is 0 Å². The molecule has 1 atom stereocenters. The number of rotatable bonds is 5. The fourth-order valence-corrected chi connectivity index (χ4v) is 2.17. The van der Waals surface area contributed by atoms with Gasteiger partial charge in [-0.1, -0.05) is 37.3 Å². The lowest BCUT2D eigenvalue weighted by molar-refractivity contribution is 0.0173. The Labute approximate surface area is 98.0 Å². The normalized spacial score (nSPS) is 26.1. The average molecular weight is 219 g/mol. The summed E-state index contributed by atoms with van der Waals surface area (Å²) >= 11 is 0. The van der Waals surface area contributed by atoms with E-state index in [1.54, 1.807) is 7.11 Å². The lowest BCUT2D eigenvalue weighted by Gasteiger charge is -2.35. The van der Waals surface area contributed by atoms with Gasteiger partial charge in [0.25, 0.3) is 0 Å². The van der Waals surface area contributed by atoms with Crippen molar-refractivity contribution in [1.82, 2.24) is 5.32 Å². The summed E-state index contributed by atoms with van der Waals surface area (Å²) in [4.78, 5) is 0. The van der Waals surface area contributed by atoms with E-state index >= 15 is 0 Å². The van der Waals surface area contributed by atoms with Crippen molar-refractivity contribution >= 4 is 0 Å². The molecule has 2 rings (SSSR count). The van der Waals surface area contributed by atoms with Gasteiger partial charge in [0, 0.05) is 19.7 Å². The van der Waals surface area contributed by atoms with Gasteiger partial charge in [0.1, 0.15) is 0 Å². The molecule has 0 radical (unpaired) electrons. The zero-order valence-corrected chi connectivity index (χ0v) is 10.1. The van der Waals surface area contributed by atoms with Crippen LogP contribution in [-0.4, -0.2) is 25.8 Å². The molecule has 1 aliphatic rings. The van der Waals surface area contributed by atoms with Crippen LogP contribution in [0.1, 0.15) is 31.2 Å². The van der Waals surface area contributed by atoms with Crippen LogP contribution < -0.4 is 5.32 Å². The minimum absolute atomic E-state index is 0.490. The molecule has 2 heteroatoms. The molecule has 0 heterocycles. The third-order valence-corrected chi connectivity index (χ3v) is 3.51. The third kappa shape index (κ3) is 2.83. The van der Waals surface area contributed by atoms with Gasteiger partial charge in [0.2, 0.25) is 0 Å². The quantitative estimate of drug-likeness (QED) is 0.821. The molecule has 0 aromatic heterocycles. The standard InChI is InChI=1S/C14H21NO/c1-11(12-6-4-3-5-7-12)10-15-13-8-14(9-13)16-2/h3-7,11,13-15H,8-10H2,1-2H3. The van der Waals surface area contributed by atoms with Crippen molar-refractivity contribution in [2.75, 3.05) is 13.7 Å². The highest BCUT2D eigenvalue weighted by Gasteiger charge is 2.28. The summed E-state index contributed by atoms with van der Waals surface area (Å²) in [5, 5.41) is 3.60. The average Bonchev–Trinajstić information content (AvgIpc) is 2.28. The van der Waals surface area contributed by atoms with Crippen LogP contribution in [-0.2, 0) is 4.74 Å². The molecule has 1 unspecified atom stereocenters. The first-order valence-electron chi connectivity index (χ1n) is 6.10. The number of methoxy groups -OCH3 is 1. The van der Waals surface area contributed by atoms with E-state index in [9.17, 15) is 0 Å². The van der Waals surface area contributed by atoms with Crippen molar-refractivity contribution in [1.29, 1.82) is 0 Å². The third-order valence-electron chi connectivity index (χ3n) is 3.51. The molecule has 2 nitrogen and oxygen atoms in total. The monoisotopic (exact) mass is 219 g/mol. The van der Waals surface area contributed by atoms with Gasteiger partial charge >= 0.3 is 0 Å². The van der Waals surface area contributed by atoms with Gasteiger partial charge in [-0.25, -0.2) is 0 Å². The van der Waals surface area contributed by atoms with Crippen LogP contribution in [0.4, 0.5) is 0 Å². The molecular weight excluding hydrogens is 198 g/mol. The second-order valence-electron chi connectivity index (χ2n) is 4.75. The number of nitrogens with one attached hydrogen (secondary N) is 1. The summed E-state index contributed by atoms with van der Waals surface area (Å²) < 4.78 is 5.27. The number of hydrogen-bond acceptors (Lipinski definition) is 2. The summed E-state index contributed by atoms with van der Waals surface area (Å²) in [6.07, 6.45) is 2.82. The molecule has 0 saturated heterocycles. The molecule has 1 N–H and O–H groups in total. The second kappa shape index (κ2) is 5.46. The van der Waals surface area contributed by atoms with E-state index in [4.69, 9.17) is 4.74 Å². The minimum Gasteiger partial charge on any atom is -0.381 e. The van der Waals surface area contributed by atoms with Crippen LogP contribution in [0.5, 0.6) is 0 Å². The van der Waals surface area contributed by atoms with Crippen LogP contribution in [0, 0.1) is 0 Å². The molecule has 1 aromatic carbocycles. The summed E-state index contributed by atoms with van der Waals surface area (Å²) in [5.74, 6) is 0.586. The maximum atomic E-state index is 5.27. The van der Waals surface area contributed by atoms with Gasteiger partial charge in [-0.05, 0) is 24.3 Å². The van der Waals surface area contributed by atoms with Crippen molar-refractivity contribution in [3.05, 3.63) is 35.9 Å². The molecule has 0 amide bonds. The summed E-state index contributed by atoms with van der Waals surface area (Å²) in [6.45, 7) is 3.33. The van der Waals surface area contributed by atoms with Gasteiger partial charge in [-0.2, -0.15) is 0 Å². The highest BCUT2D eigenvalue weighted by atomic mass is 16.5. The van der Waals surface area contributed by atoms with Crippen LogP contribution in [0.2, 0.25) is 0 Å². The Balaban J connectivity index is 1.71. The molecule has 0 aliphatic heterocycles. The fraction of sp³-hybridized carbons (Fsp3) is 0.571. The summed E-state index contributed by atoms with van der Waals surface area (Å²) in [7, 11) is 1.80. The van der Waals surface area contributed by atoms with Crippen molar-refractivity contribution in [3.63, 3.8) is 0 Å². The number of hydrogen-bond donors (Lipinski definition) is 1. The lowest BCUT2D eigenvalue weighted by atomic mass is 9.88. The lowest BCUT2D eigenvalue weighted by Crippen LogP contribution is -2.46. The highest BCUT2D eigenvalue weighted by Crippen LogP contribution is 2.23. The van der Waals surface area contributed by atoms with Crippen molar-refractivity contribution in [3.8, 4) is 0 Å². The van der Waals surface area contributed by atoms with Crippen molar-refractivity contribution in [2.45, 2.75) is 37.8 Å². The Kier molecular flexibility index (Phi) is 3.97. The summed E-state index contributed by atoms with van der Waals surface area (Å²) in [6, 6.07) is 11.3. The fourth-order valence-electron chi connectivity index (χ4n) is 2.17. The first kappa shape index (κ1) is 11.6. The molecule has 1 aromatic rings. The molecule has 0 spiro atoms. The van der Waals surface area contributed by atoms with Gasteiger partial charge < -0.3 is 10.1 Å². The first-order chi connectivity index (χ1) is 7.79. The second-order valence-corrected chi connectivity index (χ2v) is 4.75. The molecular formula is C14H21NO. The van der Waals surface area contributed by atoms with Gasteiger partial charge in [0.05, 0.1) is 6.10 Å². The van der Waals surface area contributed by atoms with Crippen LogP contribution >= 0.6 is 0 Å². The molecule has 1 saturated carbocycles. The maximum Gasteiger partial charge on any atom is 0.0601 e. The smallest absolute Gasteiger partial charge is 0.0601 e. The topological polar surface area (TPSA) is 21.3 Å². The van der Waals surface area contributed by atoms with E-state index in [-0.39, 0.29) is 0 Å². The molecule has 0 bridgehead atoms. The van der Waals surface area contributed by atoms with E-state index < -0.39 is 0 Å². The molecule has 16 heavy (non-hydrogen) atoms. The van der Waals surface area contributed by atoms with Crippen LogP contribution in [0.25, 0.3) is 0 Å².